The highest BCUT2D eigenvalue weighted by molar-refractivity contribution is 7.18. The number of hydrogen-bond donors (Lipinski definition) is 1. The number of rotatable bonds is 4. The van der Waals surface area contributed by atoms with Crippen LogP contribution < -0.4 is 5.56 Å². The van der Waals surface area contributed by atoms with E-state index < -0.39 is 34.8 Å². The molecule has 3 aromatic rings. The summed E-state index contributed by atoms with van der Waals surface area (Å²) >= 11 is 1.24. The van der Waals surface area contributed by atoms with Crippen LogP contribution in [-0.4, -0.2) is 20.6 Å². The van der Waals surface area contributed by atoms with Crippen LogP contribution >= 0.6 is 11.3 Å². The molecule has 5 nitrogen and oxygen atoms in total. The number of aryl methyl sites for hydroxylation is 1. The van der Waals surface area contributed by atoms with Crippen LogP contribution in [-0.2, 0) is 11.2 Å². The van der Waals surface area contributed by atoms with Gasteiger partial charge in [-0.1, -0.05) is 13.0 Å². The molecule has 1 atom stereocenters. The number of thiophene rings is 1. The summed E-state index contributed by atoms with van der Waals surface area (Å²) in [7, 11) is 0. The van der Waals surface area contributed by atoms with Crippen molar-refractivity contribution in [2.24, 2.45) is 0 Å². The maximum Gasteiger partial charge on any atom is 0.326 e. The largest absolute Gasteiger partial charge is 0.480 e. The maximum absolute atomic E-state index is 14.2. The van der Waals surface area contributed by atoms with Crippen molar-refractivity contribution in [2.45, 2.75) is 26.3 Å². The van der Waals surface area contributed by atoms with E-state index in [1.54, 1.807) is 6.07 Å². The predicted molar refractivity (Wildman–Crippen MR) is 91.0 cm³/mol. The van der Waals surface area contributed by atoms with Gasteiger partial charge in [0.1, 0.15) is 22.5 Å². The monoisotopic (exact) mass is 364 g/mol. The summed E-state index contributed by atoms with van der Waals surface area (Å²) in [4.78, 5) is 29.7. The highest BCUT2D eigenvalue weighted by Gasteiger charge is 2.26. The third kappa shape index (κ3) is 2.82. The zero-order chi connectivity index (χ0) is 18.3. The van der Waals surface area contributed by atoms with Crippen molar-refractivity contribution in [2.75, 3.05) is 0 Å². The van der Waals surface area contributed by atoms with Crippen molar-refractivity contribution in [1.29, 1.82) is 0 Å². The Morgan fingerprint density at radius 1 is 1.36 bits per heavy atom. The van der Waals surface area contributed by atoms with Crippen molar-refractivity contribution in [3.05, 3.63) is 51.1 Å². The van der Waals surface area contributed by atoms with Crippen molar-refractivity contribution in [3.63, 3.8) is 0 Å². The van der Waals surface area contributed by atoms with E-state index in [1.165, 1.54) is 24.3 Å². The first-order chi connectivity index (χ1) is 11.8. The van der Waals surface area contributed by atoms with Gasteiger partial charge in [-0.15, -0.1) is 11.3 Å². The Bertz CT molecular complexity index is 1020. The fourth-order valence-electron chi connectivity index (χ4n) is 2.58. The molecule has 0 saturated carbocycles. The van der Waals surface area contributed by atoms with Crippen molar-refractivity contribution in [3.8, 4) is 11.4 Å². The van der Waals surface area contributed by atoms with E-state index in [4.69, 9.17) is 0 Å². The van der Waals surface area contributed by atoms with Crippen molar-refractivity contribution in [1.82, 2.24) is 9.55 Å². The lowest BCUT2D eigenvalue weighted by Crippen LogP contribution is -2.30. The average molecular weight is 364 g/mol. The van der Waals surface area contributed by atoms with Gasteiger partial charge in [-0.05, 0) is 31.5 Å². The van der Waals surface area contributed by atoms with Gasteiger partial charge >= 0.3 is 5.97 Å². The number of hydrogen-bond acceptors (Lipinski definition) is 4. The van der Waals surface area contributed by atoms with Gasteiger partial charge in [0, 0.05) is 4.88 Å². The van der Waals surface area contributed by atoms with Crippen LogP contribution in [0.2, 0.25) is 0 Å². The van der Waals surface area contributed by atoms with Gasteiger partial charge in [0.25, 0.3) is 5.56 Å². The van der Waals surface area contributed by atoms with Crippen molar-refractivity contribution >= 4 is 27.5 Å². The van der Waals surface area contributed by atoms with Gasteiger partial charge in [-0.2, -0.15) is 0 Å². The molecule has 0 amide bonds. The molecule has 3 rings (SSSR count). The van der Waals surface area contributed by atoms with Crippen molar-refractivity contribution < 1.29 is 18.7 Å². The molecule has 1 unspecified atom stereocenters. The van der Waals surface area contributed by atoms with E-state index in [2.05, 4.69) is 4.98 Å². The molecule has 2 heterocycles. The lowest BCUT2D eigenvalue weighted by Gasteiger charge is -2.16. The Hall–Kier alpha value is -2.61. The number of nitrogens with zero attached hydrogens (tertiary/aromatic N) is 2. The van der Waals surface area contributed by atoms with E-state index >= 15 is 0 Å². The van der Waals surface area contributed by atoms with E-state index in [9.17, 15) is 23.5 Å². The molecule has 0 aliphatic carbocycles. The summed E-state index contributed by atoms with van der Waals surface area (Å²) < 4.78 is 29.3. The van der Waals surface area contributed by atoms with Gasteiger partial charge in [-0.25, -0.2) is 18.6 Å². The molecule has 2 aromatic heterocycles. The van der Waals surface area contributed by atoms with Crippen LogP contribution in [0.15, 0.2) is 29.1 Å². The number of halogens is 2. The minimum absolute atomic E-state index is 0.246. The fourth-order valence-corrected chi connectivity index (χ4v) is 3.53. The van der Waals surface area contributed by atoms with E-state index in [0.717, 1.165) is 21.6 Å². The molecular weight excluding hydrogens is 350 g/mol. The smallest absolute Gasteiger partial charge is 0.326 e. The Balaban J connectivity index is 2.46. The Morgan fingerprint density at radius 3 is 2.56 bits per heavy atom. The van der Waals surface area contributed by atoms with Gasteiger partial charge in [0.2, 0.25) is 0 Å². The van der Waals surface area contributed by atoms with Crippen LogP contribution in [0.25, 0.3) is 21.6 Å². The second-order valence-corrected chi connectivity index (χ2v) is 6.62. The summed E-state index contributed by atoms with van der Waals surface area (Å²) in [6, 6.07) is 3.58. The zero-order valence-electron chi connectivity index (χ0n) is 13.4. The molecule has 0 radical (unpaired) electrons. The molecule has 1 N–H and O–H groups in total. The molecule has 25 heavy (non-hydrogen) atoms. The van der Waals surface area contributed by atoms with E-state index in [1.807, 2.05) is 6.92 Å². The van der Waals surface area contributed by atoms with Gasteiger partial charge < -0.3 is 5.11 Å². The summed E-state index contributed by atoms with van der Waals surface area (Å²) in [5.41, 5.74) is -1.14. The maximum atomic E-state index is 14.2. The number of aromatic nitrogens is 2. The Kier molecular flexibility index (Phi) is 4.38. The summed E-state index contributed by atoms with van der Waals surface area (Å²) in [5.74, 6) is -3.45. The molecular formula is C17H14F2N2O3S. The first-order valence-corrected chi connectivity index (χ1v) is 8.39. The number of aliphatic carboxylic acids is 1. The number of fused-ring (bicyclic) bond motifs is 1. The highest BCUT2D eigenvalue weighted by Crippen LogP contribution is 2.30. The van der Waals surface area contributed by atoms with Crippen LogP contribution in [0, 0.1) is 11.6 Å². The first-order valence-electron chi connectivity index (χ1n) is 7.57. The minimum atomic E-state index is -1.33. The summed E-state index contributed by atoms with van der Waals surface area (Å²) in [5, 5.41) is 9.57. The zero-order valence-corrected chi connectivity index (χ0v) is 14.2. The third-order valence-electron chi connectivity index (χ3n) is 3.93. The highest BCUT2D eigenvalue weighted by atomic mass is 32.1. The lowest BCUT2D eigenvalue weighted by molar-refractivity contribution is -0.140. The number of carboxylic acid groups (broad SMARTS) is 1. The normalized spacial score (nSPS) is 12.5. The standard InChI is InChI=1S/C17H14F2N2O3S/c1-3-9-7-10-15(25-9)20-14(13-11(18)5-4-6-12(13)19)21(16(10)22)8(2)17(23)24/h4-8H,3H2,1-2H3,(H,23,24). The van der Waals surface area contributed by atoms with Crippen LogP contribution in [0.5, 0.6) is 0 Å². The lowest BCUT2D eigenvalue weighted by atomic mass is 10.1. The van der Waals surface area contributed by atoms with Gasteiger partial charge in [0.05, 0.1) is 10.9 Å². The molecule has 1 aromatic carbocycles. The molecule has 0 spiro atoms. The van der Waals surface area contributed by atoms with Crippen LogP contribution in [0.4, 0.5) is 8.78 Å². The SMILES string of the molecule is CCc1cc2c(=O)n(C(C)C(=O)O)c(-c3c(F)cccc3F)nc2s1. The van der Waals surface area contributed by atoms with E-state index in [0.29, 0.717) is 11.3 Å². The molecule has 0 aliphatic rings. The second kappa shape index (κ2) is 6.36. The Labute approximate surface area is 145 Å². The number of carboxylic acids is 1. The first kappa shape index (κ1) is 17.2. The molecule has 0 fully saturated rings. The predicted octanol–water partition coefficient (Wildman–Crippen LogP) is 3.61. The third-order valence-corrected chi connectivity index (χ3v) is 5.10. The number of carbonyl (C=O) groups is 1. The molecule has 0 saturated heterocycles. The molecule has 8 heteroatoms. The minimum Gasteiger partial charge on any atom is -0.480 e. The molecule has 130 valence electrons. The summed E-state index contributed by atoms with van der Waals surface area (Å²) in [6.07, 6.45) is 0.665. The van der Waals surface area contributed by atoms with Crippen LogP contribution in [0.1, 0.15) is 24.8 Å². The van der Waals surface area contributed by atoms with Gasteiger partial charge in [-0.3, -0.25) is 9.36 Å². The van der Waals surface area contributed by atoms with E-state index in [-0.39, 0.29) is 11.2 Å². The fraction of sp³-hybridized carbons (Fsp3) is 0.235. The van der Waals surface area contributed by atoms with Crippen LogP contribution in [0.3, 0.4) is 0 Å². The second-order valence-electron chi connectivity index (χ2n) is 5.51. The summed E-state index contributed by atoms with van der Waals surface area (Å²) in [6.45, 7) is 3.17. The average Bonchev–Trinajstić information content (AvgIpc) is 2.98. The number of benzene rings is 1. The van der Waals surface area contributed by atoms with Gasteiger partial charge in [0.15, 0.2) is 5.82 Å². The quantitative estimate of drug-likeness (QED) is 0.768. The molecule has 0 aliphatic heterocycles. The Morgan fingerprint density at radius 2 is 2.00 bits per heavy atom. The topological polar surface area (TPSA) is 72.2 Å². The molecule has 0 bridgehead atoms.